The molecule has 0 aliphatic rings. The van der Waals surface area contributed by atoms with Crippen LogP contribution >= 0.6 is 11.6 Å². The first-order valence-corrected chi connectivity index (χ1v) is 6.71. The van der Waals surface area contributed by atoms with E-state index >= 15 is 0 Å². The van der Waals surface area contributed by atoms with Crippen LogP contribution in [-0.2, 0) is 5.54 Å². The summed E-state index contributed by atoms with van der Waals surface area (Å²) in [6.07, 6.45) is 0. The standard InChI is InChI=1S/C16H14ClF2NO/c1-16(2,11-4-6-12(17)7-5-11)20-15(21)10-3-8-13(18)14(19)9-10/h3-9H,1-2H3,(H,20,21). The Kier molecular flexibility index (Phi) is 4.28. The van der Waals surface area contributed by atoms with E-state index in [4.69, 9.17) is 11.6 Å². The molecule has 2 aromatic carbocycles. The summed E-state index contributed by atoms with van der Waals surface area (Å²) in [6, 6.07) is 10.1. The molecule has 2 nitrogen and oxygen atoms in total. The molecule has 0 aliphatic heterocycles. The summed E-state index contributed by atoms with van der Waals surface area (Å²) in [5.41, 5.74) is 0.241. The number of rotatable bonds is 3. The van der Waals surface area contributed by atoms with Crippen LogP contribution in [0.1, 0.15) is 29.8 Å². The van der Waals surface area contributed by atoms with E-state index in [0.29, 0.717) is 5.02 Å². The number of hydrogen-bond donors (Lipinski definition) is 1. The highest BCUT2D eigenvalue weighted by atomic mass is 35.5. The molecule has 0 saturated carbocycles. The molecule has 0 fully saturated rings. The van der Waals surface area contributed by atoms with E-state index in [9.17, 15) is 13.6 Å². The molecular weight excluding hydrogens is 296 g/mol. The molecule has 0 aromatic heterocycles. The number of halogens is 3. The summed E-state index contributed by atoms with van der Waals surface area (Å²) < 4.78 is 26.1. The first-order chi connectivity index (χ1) is 9.79. The van der Waals surface area contributed by atoms with Crippen molar-refractivity contribution in [3.05, 3.63) is 70.2 Å². The van der Waals surface area contributed by atoms with Gasteiger partial charge >= 0.3 is 0 Å². The Bertz CT molecular complexity index is 668. The van der Waals surface area contributed by atoms with Gasteiger partial charge in [0.1, 0.15) is 0 Å². The van der Waals surface area contributed by atoms with Gasteiger partial charge in [-0.3, -0.25) is 4.79 Å². The molecule has 0 bridgehead atoms. The van der Waals surface area contributed by atoms with E-state index < -0.39 is 23.1 Å². The lowest BCUT2D eigenvalue weighted by molar-refractivity contribution is 0.0911. The lowest BCUT2D eigenvalue weighted by Gasteiger charge is -2.27. The molecule has 2 aromatic rings. The van der Waals surface area contributed by atoms with Crippen LogP contribution < -0.4 is 5.32 Å². The third kappa shape index (κ3) is 3.58. The number of benzene rings is 2. The third-order valence-electron chi connectivity index (χ3n) is 3.17. The zero-order chi connectivity index (χ0) is 15.6. The van der Waals surface area contributed by atoms with E-state index in [1.54, 1.807) is 24.3 Å². The molecule has 0 unspecified atom stereocenters. The largest absolute Gasteiger partial charge is 0.343 e. The Balaban J connectivity index is 2.21. The average Bonchev–Trinajstić information content (AvgIpc) is 2.41. The van der Waals surface area contributed by atoms with Gasteiger partial charge < -0.3 is 5.32 Å². The van der Waals surface area contributed by atoms with E-state index in [1.807, 2.05) is 13.8 Å². The number of carbonyl (C=O) groups excluding carboxylic acids is 1. The molecule has 0 aliphatic carbocycles. The zero-order valence-corrected chi connectivity index (χ0v) is 12.3. The minimum Gasteiger partial charge on any atom is -0.343 e. The summed E-state index contributed by atoms with van der Waals surface area (Å²) in [4.78, 5) is 12.1. The lowest BCUT2D eigenvalue weighted by Crippen LogP contribution is -2.41. The first kappa shape index (κ1) is 15.4. The highest BCUT2D eigenvalue weighted by Crippen LogP contribution is 2.22. The molecule has 0 radical (unpaired) electrons. The Hall–Kier alpha value is -1.94. The van der Waals surface area contributed by atoms with Crippen molar-refractivity contribution in [3.8, 4) is 0 Å². The van der Waals surface area contributed by atoms with Crippen molar-refractivity contribution in [2.45, 2.75) is 19.4 Å². The molecule has 0 saturated heterocycles. The lowest BCUT2D eigenvalue weighted by atomic mass is 9.94. The third-order valence-corrected chi connectivity index (χ3v) is 3.43. The minimum absolute atomic E-state index is 0.0657. The van der Waals surface area contributed by atoms with Crippen LogP contribution in [0, 0.1) is 11.6 Å². The fourth-order valence-corrected chi connectivity index (χ4v) is 2.06. The summed E-state index contributed by atoms with van der Waals surface area (Å²) in [5.74, 6) is -2.51. The fraction of sp³-hybridized carbons (Fsp3) is 0.188. The highest BCUT2D eigenvalue weighted by molar-refractivity contribution is 6.30. The second-order valence-corrected chi connectivity index (χ2v) is 5.65. The molecule has 21 heavy (non-hydrogen) atoms. The SMILES string of the molecule is CC(C)(NC(=O)c1ccc(F)c(F)c1)c1ccc(Cl)cc1. The second-order valence-electron chi connectivity index (χ2n) is 5.21. The van der Waals surface area contributed by atoms with Crippen molar-refractivity contribution in [2.24, 2.45) is 0 Å². The van der Waals surface area contributed by atoms with Crippen molar-refractivity contribution in [1.82, 2.24) is 5.32 Å². The Morgan fingerprint density at radius 2 is 1.67 bits per heavy atom. The summed E-state index contributed by atoms with van der Waals surface area (Å²) in [6.45, 7) is 3.63. The van der Waals surface area contributed by atoms with E-state index in [-0.39, 0.29) is 5.56 Å². The van der Waals surface area contributed by atoms with E-state index in [1.165, 1.54) is 6.07 Å². The van der Waals surface area contributed by atoms with Crippen molar-refractivity contribution in [1.29, 1.82) is 0 Å². The molecule has 0 atom stereocenters. The Morgan fingerprint density at radius 1 is 1.05 bits per heavy atom. The van der Waals surface area contributed by atoms with Crippen molar-refractivity contribution in [2.75, 3.05) is 0 Å². The molecule has 2 rings (SSSR count). The van der Waals surface area contributed by atoms with Crippen LogP contribution in [-0.4, -0.2) is 5.91 Å². The van der Waals surface area contributed by atoms with Crippen LogP contribution in [0.3, 0.4) is 0 Å². The topological polar surface area (TPSA) is 29.1 Å². The summed E-state index contributed by atoms with van der Waals surface area (Å²) >= 11 is 5.83. The van der Waals surface area contributed by atoms with Gasteiger partial charge in [0.25, 0.3) is 5.91 Å². The molecule has 0 heterocycles. The predicted octanol–water partition coefficient (Wildman–Crippen LogP) is 4.28. The normalized spacial score (nSPS) is 11.3. The monoisotopic (exact) mass is 309 g/mol. The van der Waals surface area contributed by atoms with Crippen molar-refractivity contribution in [3.63, 3.8) is 0 Å². The fourth-order valence-electron chi connectivity index (χ4n) is 1.93. The first-order valence-electron chi connectivity index (χ1n) is 6.33. The summed E-state index contributed by atoms with van der Waals surface area (Å²) in [5, 5.41) is 3.38. The van der Waals surface area contributed by atoms with Crippen LogP contribution in [0.25, 0.3) is 0 Å². The van der Waals surface area contributed by atoms with Gasteiger partial charge in [-0.15, -0.1) is 0 Å². The zero-order valence-electron chi connectivity index (χ0n) is 11.6. The van der Waals surface area contributed by atoms with Gasteiger partial charge in [0, 0.05) is 10.6 Å². The van der Waals surface area contributed by atoms with Gasteiger partial charge in [-0.05, 0) is 49.7 Å². The number of carbonyl (C=O) groups is 1. The second kappa shape index (κ2) is 5.82. The van der Waals surface area contributed by atoms with Crippen LogP contribution in [0.2, 0.25) is 5.02 Å². The predicted molar refractivity (Wildman–Crippen MR) is 78.3 cm³/mol. The highest BCUT2D eigenvalue weighted by Gasteiger charge is 2.23. The van der Waals surface area contributed by atoms with Crippen molar-refractivity contribution >= 4 is 17.5 Å². The van der Waals surface area contributed by atoms with Crippen LogP contribution in [0.15, 0.2) is 42.5 Å². The van der Waals surface area contributed by atoms with E-state index in [0.717, 1.165) is 17.7 Å². The maximum atomic E-state index is 13.2. The maximum absolute atomic E-state index is 13.2. The Labute approximate surface area is 126 Å². The van der Waals surface area contributed by atoms with Crippen LogP contribution in [0.5, 0.6) is 0 Å². The maximum Gasteiger partial charge on any atom is 0.252 e. The molecule has 5 heteroatoms. The van der Waals surface area contributed by atoms with Crippen LogP contribution in [0.4, 0.5) is 8.78 Å². The van der Waals surface area contributed by atoms with Gasteiger partial charge in [0.05, 0.1) is 5.54 Å². The molecule has 0 spiro atoms. The average molecular weight is 310 g/mol. The smallest absolute Gasteiger partial charge is 0.252 e. The van der Waals surface area contributed by atoms with Gasteiger partial charge in [-0.2, -0.15) is 0 Å². The van der Waals surface area contributed by atoms with Gasteiger partial charge in [-0.25, -0.2) is 8.78 Å². The minimum atomic E-state index is -1.05. The van der Waals surface area contributed by atoms with Crippen molar-refractivity contribution < 1.29 is 13.6 Å². The number of nitrogens with one attached hydrogen (secondary N) is 1. The molecule has 1 amide bonds. The number of hydrogen-bond acceptors (Lipinski definition) is 1. The Morgan fingerprint density at radius 3 is 2.24 bits per heavy atom. The summed E-state index contributed by atoms with van der Waals surface area (Å²) in [7, 11) is 0. The molecule has 1 N–H and O–H groups in total. The van der Waals surface area contributed by atoms with E-state index in [2.05, 4.69) is 5.32 Å². The van der Waals surface area contributed by atoms with Gasteiger partial charge in [0.2, 0.25) is 0 Å². The molecule has 110 valence electrons. The number of amides is 1. The van der Waals surface area contributed by atoms with Gasteiger partial charge in [0.15, 0.2) is 11.6 Å². The van der Waals surface area contributed by atoms with Gasteiger partial charge in [-0.1, -0.05) is 23.7 Å². The molecular formula is C16H14ClF2NO. The quantitative estimate of drug-likeness (QED) is 0.900.